The third kappa shape index (κ3) is 3.31. The van der Waals surface area contributed by atoms with Crippen molar-refractivity contribution in [1.29, 1.82) is 0 Å². The van der Waals surface area contributed by atoms with Crippen LogP contribution in [0.15, 0.2) is 30.3 Å². The largest absolute Gasteiger partial charge is 0.351 e. The van der Waals surface area contributed by atoms with E-state index in [0.29, 0.717) is 5.56 Å². The van der Waals surface area contributed by atoms with Crippen LogP contribution >= 0.6 is 0 Å². The van der Waals surface area contributed by atoms with Crippen molar-refractivity contribution in [1.82, 2.24) is 5.32 Å². The predicted octanol–water partition coefficient (Wildman–Crippen LogP) is 3.51. The van der Waals surface area contributed by atoms with Crippen molar-refractivity contribution in [3.8, 4) is 0 Å². The molecule has 0 saturated heterocycles. The average molecular weight is 269 g/mol. The molecule has 1 aromatic carbocycles. The molecule has 0 aliphatic carbocycles. The Morgan fingerprint density at radius 3 is 2.11 bits per heavy atom. The minimum atomic E-state index is -2.75. The van der Waals surface area contributed by atoms with Crippen molar-refractivity contribution in [2.45, 2.75) is 51.5 Å². The molecule has 1 aromatic rings. The zero-order valence-corrected chi connectivity index (χ0v) is 11.8. The SMILES string of the molecule is CC[C@@](C(=O)NC(C)(C)C)(c1ccccc1)C(F)F. The maximum atomic E-state index is 13.6. The number of nitrogens with one attached hydrogen (secondary N) is 1. The van der Waals surface area contributed by atoms with Gasteiger partial charge in [-0.05, 0) is 32.8 Å². The number of hydrogen-bond donors (Lipinski definition) is 1. The quantitative estimate of drug-likeness (QED) is 0.890. The Morgan fingerprint density at radius 2 is 1.74 bits per heavy atom. The summed E-state index contributed by atoms with van der Waals surface area (Å²) in [5.74, 6) is -0.622. The van der Waals surface area contributed by atoms with Gasteiger partial charge in [0.1, 0.15) is 5.41 Å². The minimum absolute atomic E-state index is 0.0522. The molecule has 0 bridgehead atoms. The Labute approximate surface area is 113 Å². The van der Waals surface area contributed by atoms with E-state index in [2.05, 4.69) is 5.32 Å². The van der Waals surface area contributed by atoms with E-state index in [-0.39, 0.29) is 6.42 Å². The molecule has 19 heavy (non-hydrogen) atoms. The Kier molecular flexibility index (Phi) is 4.66. The average Bonchev–Trinajstić information content (AvgIpc) is 2.29. The van der Waals surface area contributed by atoms with Crippen molar-refractivity contribution in [2.75, 3.05) is 0 Å². The van der Waals surface area contributed by atoms with Crippen molar-refractivity contribution < 1.29 is 13.6 Å². The Balaban J connectivity index is 3.25. The second kappa shape index (κ2) is 5.68. The first-order valence-electron chi connectivity index (χ1n) is 6.40. The maximum Gasteiger partial charge on any atom is 0.256 e. The van der Waals surface area contributed by atoms with Crippen LogP contribution < -0.4 is 5.32 Å². The molecule has 2 nitrogen and oxygen atoms in total. The second-order valence-corrected chi connectivity index (χ2v) is 5.70. The lowest BCUT2D eigenvalue weighted by atomic mass is 9.77. The fourth-order valence-corrected chi connectivity index (χ4v) is 2.06. The van der Waals surface area contributed by atoms with Gasteiger partial charge >= 0.3 is 0 Å². The van der Waals surface area contributed by atoms with E-state index in [1.165, 1.54) is 0 Å². The summed E-state index contributed by atoms with van der Waals surface area (Å²) in [4.78, 5) is 12.4. The van der Waals surface area contributed by atoms with E-state index in [1.54, 1.807) is 58.0 Å². The molecular weight excluding hydrogens is 248 g/mol. The predicted molar refractivity (Wildman–Crippen MR) is 72.3 cm³/mol. The number of hydrogen-bond acceptors (Lipinski definition) is 1. The van der Waals surface area contributed by atoms with E-state index in [9.17, 15) is 13.6 Å². The van der Waals surface area contributed by atoms with Gasteiger partial charge in [0.2, 0.25) is 5.91 Å². The second-order valence-electron chi connectivity index (χ2n) is 5.70. The highest BCUT2D eigenvalue weighted by atomic mass is 19.3. The van der Waals surface area contributed by atoms with Crippen LogP contribution in [-0.4, -0.2) is 17.9 Å². The van der Waals surface area contributed by atoms with Crippen LogP contribution in [0.3, 0.4) is 0 Å². The summed E-state index contributed by atoms with van der Waals surface area (Å²) < 4.78 is 27.2. The van der Waals surface area contributed by atoms with Gasteiger partial charge in [-0.25, -0.2) is 8.78 Å². The topological polar surface area (TPSA) is 29.1 Å². The van der Waals surface area contributed by atoms with Gasteiger partial charge in [0.15, 0.2) is 0 Å². The normalized spacial score (nSPS) is 15.1. The van der Waals surface area contributed by atoms with E-state index < -0.39 is 23.3 Å². The Bertz CT molecular complexity index is 426. The van der Waals surface area contributed by atoms with Crippen LogP contribution in [0.1, 0.15) is 39.7 Å². The summed E-state index contributed by atoms with van der Waals surface area (Å²) in [6.07, 6.45) is -2.70. The number of amides is 1. The number of alkyl halides is 2. The van der Waals surface area contributed by atoms with Gasteiger partial charge in [-0.2, -0.15) is 0 Å². The summed E-state index contributed by atoms with van der Waals surface area (Å²) in [5, 5.41) is 2.67. The molecule has 1 atom stereocenters. The van der Waals surface area contributed by atoms with Crippen LogP contribution in [0, 0.1) is 0 Å². The maximum absolute atomic E-state index is 13.6. The molecule has 0 spiro atoms. The van der Waals surface area contributed by atoms with Gasteiger partial charge in [0.05, 0.1) is 0 Å². The standard InChI is InChI=1S/C15H21F2NO/c1-5-15(12(16)17,11-9-7-6-8-10-11)13(19)18-14(2,3)4/h6-10,12H,5H2,1-4H3,(H,18,19)/t15-/m1/s1. The van der Waals surface area contributed by atoms with Gasteiger partial charge in [0, 0.05) is 5.54 Å². The Morgan fingerprint density at radius 1 is 1.21 bits per heavy atom. The highest BCUT2D eigenvalue weighted by Crippen LogP contribution is 2.35. The van der Waals surface area contributed by atoms with Crippen LogP contribution in [0.4, 0.5) is 8.78 Å². The molecule has 1 N–H and O–H groups in total. The van der Waals surface area contributed by atoms with Crippen LogP contribution in [-0.2, 0) is 10.2 Å². The molecule has 0 aliphatic rings. The molecule has 0 heterocycles. The molecule has 106 valence electrons. The van der Waals surface area contributed by atoms with E-state index >= 15 is 0 Å². The lowest BCUT2D eigenvalue weighted by molar-refractivity contribution is -0.134. The molecule has 1 amide bonds. The van der Waals surface area contributed by atoms with E-state index in [1.807, 2.05) is 0 Å². The molecule has 0 aliphatic heterocycles. The van der Waals surface area contributed by atoms with Crippen molar-refractivity contribution in [3.63, 3.8) is 0 Å². The minimum Gasteiger partial charge on any atom is -0.351 e. The molecule has 0 aromatic heterocycles. The monoisotopic (exact) mass is 269 g/mol. The zero-order valence-electron chi connectivity index (χ0n) is 11.8. The number of halogens is 2. The number of benzene rings is 1. The molecule has 0 saturated carbocycles. The van der Waals surface area contributed by atoms with Crippen molar-refractivity contribution in [2.24, 2.45) is 0 Å². The molecule has 1 rings (SSSR count). The van der Waals surface area contributed by atoms with Gasteiger partial charge in [0.25, 0.3) is 6.43 Å². The molecule has 0 radical (unpaired) electrons. The number of carbonyl (C=O) groups is 1. The van der Waals surface area contributed by atoms with E-state index in [4.69, 9.17) is 0 Å². The summed E-state index contributed by atoms with van der Waals surface area (Å²) >= 11 is 0. The lowest BCUT2D eigenvalue weighted by Gasteiger charge is -2.34. The third-order valence-electron chi connectivity index (χ3n) is 3.11. The smallest absolute Gasteiger partial charge is 0.256 e. The fraction of sp³-hybridized carbons (Fsp3) is 0.533. The van der Waals surface area contributed by atoms with Crippen molar-refractivity contribution >= 4 is 5.91 Å². The van der Waals surface area contributed by atoms with E-state index in [0.717, 1.165) is 0 Å². The molecule has 0 fully saturated rings. The lowest BCUT2D eigenvalue weighted by Crippen LogP contribution is -2.54. The summed E-state index contributed by atoms with van der Waals surface area (Å²) in [6.45, 7) is 6.95. The van der Waals surface area contributed by atoms with Crippen LogP contribution in [0.5, 0.6) is 0 Å². The summed E-state index contributed by atoms with van der Waals surface area (Å²) in [5.41, 5.74) is -1.97. The van der Waals surface area contributed by atoms with Gasteiger partial charge in [-0.3, -0.25) is 4.79 Å². The van der Waals surface area contributed by atoms with Crippen molar-refractivity contribution in [3.05, 3.63) is 35.9 Å². The number of rotatable bonds is 4. The number of carbonyl (C=O) groups excluding carboxylic acids is 1. The highest BCUT2D eigenvalue weighted by Gasteiger charge is 2.48. The van der Waals surface area contributed by atoms with Crippen LogP contribution in [0.2, 0.25) is 0 Å². The first-order valence-corrected chi connectivity index (χ1v) is 6.40. The first kappa shape index (κ1) is 15.6. The van der Waals surface area contributed by atoms with Gasteiger partial charge in [-0.15, -0.1) is 0 Å². The first-order chi connectivity index (χ1) is 8.74. The van der Waals surface area contributed by atoms with Crippen LogP contribution in [0.25, 0.3) is 0 Å². The summed E-state index contributed by atoms with van der Waals surface area (Å²) in [6, 6.07) is 8.26. The zero-order chi connectivity index (χ0) is 14.7. The molecule has 0 unspecified atom stereocenters. The van der Waals surface area contributed by atoms with Gasteiger partial charge in [-0.1, -0.05) is 37.3 Å². The third-order valence-corrected chi connectivity index (χ3v) is 3.11. The summed E-state index contributed by atoms with van der Waals surface area (Å²) in [7, 11) is 0. The van der Waals surface area contributed by atoms with Gasteiger partial charge < -0.3 is 5.32 Å². The highest BCUT2D eigenvalue weighted by molar-refractivity contribution is 5.89. The Hall–Kier alpha value is -1.45. The molecule has 4 heteroatoms. The fourth-order valence-electron chi connectivity index (χ4n) is 2.06. The molecular formula is C15H21F2NO.